The van der Waals surface area contributed by atoms with Gasteiger partial charge in [-0.05, 0) is 52.5 Å². The van der Waals surface area contributed by atoms with E-state index in [-0.39, 0.29) is 11.1 Å². The molecule has 0 unspecified atom stereocenters. The first-order valence-corrected chi connectivity index (χ1v) is 10.3. The van der Waals surface area contributed by atoms with Crippen LogP contribution >= 0.6 is 27.7 Å². The lowest BCUT2D eigenvalue weighted by Gasteiger charge is -2.15. The summed E-state index contributed by atoms with van der Waals surface area (Å²) in [5.74, 6) is 1.08. The summed E-state index contributed by atoms with van der Waals surface area (Å²) in [6.45, 7) is 2.71. The number of hydrogen-bond acceptors (Lipinski definition) is 5. The number of carbonyl (C=O) groups excluding carboxylic acids is 2. The number of benzene rings is 2. The first-order valence-electron chi connectivity index (χ1n) is 8.58. The third-order valence-electron chi connectivity index (χ3n) is 4.18. The van der Waals surface area contributed by atoms with Crippen LogP contribution in [-0.2, 0) is 17.8 Å². The molecule has 0 N–H and O–H groups in total. The maximum Gasteiger partial charge on any atom is 0.289 e. The summed E-state index contributed by atoms with van der Waals surface area (Å²) in [4.78, 5) is 26.4. The van der Waals surface area contributed by atoms with Crippen molar-refractivity contribution in [2.24, 2.45) is 0 Å². The number of methoxy groups -OCH3 is 1. The van der Waals surface area contributed by atoms with E-state index in [0.717, 1.165) is 27.4 Å². The van der Waals surface area contributed by atoms with Crippen LogP contribution in [0.4, 0.5) is 4.79 Å². The second kappa shape index (κ2) is 8.80. The van der Waals surface area contributed by atoms with E-state index in [1.807, 2.05) is 49.4 Å². The number of rotatable bonds is 7. The topological polar surface area (TPSA) is 55.8 Å². The molecule has 0 aromatic heterocycles. The van der Waals surface area contributed by atoms with E-state index in [9.17, 15) is 9.59 Å². The fraction of sp³-hybridized carbons (Fsp3) is 0.300. The lowest BCUT2D eigenvalue weighted by atomic mass is 10.1. The van der Waals surface area contributed by atoms with Gasteiger partial charge in [0.1, 0.15) is 0 Å². The number of carbonyl (C=O) groups is 2. The second-order valence-electron chi connectivity index (χ2n) is 6.03. The van der Waals surface area contributed by atoms with Gasteiger partial charge >= 0.3 is 0 Å². The highest BCUT2D eigenvalue weighted by molar-refractivity contribution is 9.10. The third kappa shape index (κ3) is 4.47. The maximum atomic E-state index is 12.8. The van der Waals surface area contributed by atoms with E-state index in [1.54, 1.807) is 7.11 Å². The van der Waals surface area contributed by atoms with E-state index in [1.165, 1.54) is 4.90 Å². The minimum absolute atomic E-state index is 0.154. The molecule has 3 rings (SSSR count). The van der Waals surface area contributed by atoms with Crippen molar-refractivity contribution in [2.75, 3.05) is 13.7 Å². The quantitative estimate of drug-likeness (QED) is 0.614. The van der Waals surface area contributed by atoms with Gasteiger partial charge in [0, 0.05) is 0 Å². The first kappa shape index (κ1) is 19.8. The normalized spacial score (nSPS) is 16.7. The van der Waals surface area contributed by atoms with Crippen molar-refractivity contribution in [3.05, 3.63) is 58.1 Å². The lowest BCUT2D eigenvalue weighted by Crippen LogP contribution is -2.31. The molecule has 2 aromatic rings. The zero-order valence-corrected chi connectivity index (χ0v) is 17.5. The minimum atomic E-state index is -0.434. The Balaban J connectivity index is 1.76. The Kier molecular flexibility index (Phi) is 6.44. The Bertz CT molecular complexity index is 843. The van der Waals surface area contributed by atoms with Gasteiger partial charge in [0.05, 0.1) is 30.0 Å². The highest BCUT2D eigenvalue weighted by atomic mass is 79.9. The monoisotopic (exact) mass is 449 g/mol. The fourth-order valence-electron chi connectivity index (χ4n) is 2.95. The molecule has 27 heavy (non-hydrogen) atoms. The second-order valence-corrected chi connectivity index (χ2v) is 8.04. The molecule has 0 radical (unpaired) electrons. The molecule has 0 saturated carbocycles. The van der Waals surface area contributed by atoms with Crippen molar-refractivity contribution in [3.63, 3.8) is 0 Å². The summed E-state index contributed by atoms with van der Waals surface area (Å²) in [6, 6.07) is 13.3. The highest BCUT2D eigenvalue weighted by Gasteiger charge is 2.39. The molecule has 2 amide bonds. The van der Waals surface area contributed by atoms with E-state index in [2.05, 4.69) is 15.9 Å². The predicted molar refractivity (Wildman–Crippen MR) is 109 cm³/mol. The standard InChI is InChI=1S/C20H20BrNO4S/c1-3-26-16-10-14(9-15(21)18(16)25-2)11-17-19(23)22(20(24)27-17)12-13-7-5-4-6-8-13/h4-10,17H,3,11-12H2,1-2H3/t17-/m1/s1. The summed E-state index contributed by atoms with van der Waals surface area (Å²) in [5, 5.41) is -0.637. The van der Waals surface area contributed by atoms with Crippen LogP contribution in [-0.4, -0.2) is 35.0 Å². The molecule has 142 valence electrons. The summed E-state index contributed by atoms with van der Waals surface area (Å²) in [5.41, 5.74) is 1.85. The average Bonchev–Trinajstić information content (AvgIpc) is 2.90. The Morgan fingerprint density at radius 3 is 2.56 bits per heavy atom. The maximum absolute atomic E-state index is 12.8. The third-order valence-corrected chi connectivity index (χ3v) is 5.85. The molecule has 1 aliphatic heterocycles. The number of imide groups is 1. The SMILES string of the molecule is CCOc1cc(C[C@H]2SC(=O)N(Cc3ccccc3)C2=O)cc(Br)c1OC. The average molecular weight is 450 g/mol. The Morgan fingerprint density at radius 2 is 1.89 bits per heavy atom. The van der Waals surface area contributed by atoms with E-state index in [0.29, 0.717) is 31.1 Å². The van der Waals surface area contributed by atoms with Crippen LogP contribution in [0.3, 0.4) is 0 Å². The Hall–Kier alpha value is -1.99. The molecule has 1 heterocycles. The molecule has 1 atom stereocenters. The van der Waals surface area contributed by atoms with Crippen LogP contribution in [0.2, 0.25) is 0 Å². The zero-order chi connectivity index (χ0) is 19.4. The Morgan fingerprint density at radius 1 is 1.15 bits per heavy atom. The van der Waals surface area contributed by atoms with Gasteiger partial charge < -0.3 is 9.47 Å². The number of hydrogen-bond donors (Lipinski definition) is 0. The summed E-state index contributed by atoms with van der Waals surface area (Å²) in [7, 11) is 1.58. The van der Waals surface area contributed by atoms with Crippen molar-refractivity contribution in [1.29, 1.82) is 0 Å². The zero-order valence-electron chi connectivity index (χ0n) is 15.1. The molecule has 0 bridgehead atoms. The molecule has 0 aliphatic carbocycles. The highest BCUT2D eigenvalue weighted by Crippen LogP contribution is 2.38. The minimum Gasteiger partial charge on any atom is -0.492 e. The van der Waals surface area contributed by atoms with Gasteiger partial charge in [0.15, 0.2) is 11.5 Å². The molecule has 1 saturated heterocycles. The van der Waals surface area contributed by atoms with Gasteiger partial charge in [-0.15, -0.1) is 0 Å². The van der Waals surface area contributed by atoms with Crippen LogP contribution in [0.1, 0.15) is 18.1 Å². The van der Waals surface area contributed by atoms with Crippen LogP contribution in [0, 0.1) is 0 Å². The van der Waals surface area contributed by atoms with E-state index in [4.69, 9.17) is 9.47 Å². The van der Waals surface area contributed by atoms with Gasteiger partial charge in [-0.2, -0.15) is 0 Å². The van der Waals surface area contributed by atoms with Gasteiger partial charge in [-0.25, -0.2) is 0 Å². The van der Waals surface area contributed by atoms with Crippen molar-refractivity contribution < 1.29 is 19.1 Å². The number of ether oxygens (including phenoxy) is 2. The molecular formula is C20H20BrNO4S. The van der Waals surface area contributed by atoms with Crippen LogP contribution < -0.4 is 9.47 Å². The van der Waals surface area contributed by atoms with Gasteiger partial charge in [-0.3, -0.25) is 14.5 Å². The van der Waals surface area contributed by atoms with Crippen LogP contribution in [0.15, 0.2) is 46.9 Å². The van der Waals surface area contributed by atoms with E-state index >= 15 is 0 Å². The Labute approximate surface area is 171 Å². The molecule has 2 aromatic carbocycles. The van der Waals surface area contributed by atoms with Gasteiger partial charge in [0.25, 0.3) is 5.24 Å². The van der Waals surface area contributed by atoms with Crippen molar-refractivity contribution in [2.45, 2.75) is 25.1 Å². The van der Waals surface area contributed by atoms with Gasteiger partial charge in [-0.1, -0.05) is 42.1 Å². The molecule has 7 heteroatoms. The van der Waals surface area contributed by atoms with Crippen molar-refractivity contribution >= 4 is 38.8 Å². The van der Waals surface area contributed by atoms with Gasteiger partial charge in [0.2, 0.25) is 5.91 Å². The summed E-state index contributed by atoms with van der Waals surface area (Å²) in [6.07, 6.45) is 0.448. The number of thioether (sulfide) groups is 1. The number of amides is 2. The van der Waals surface area contributed by atoms with Crippen LogP contribution in [0.5, 0.6) is 11.5 Å². The largest absolute Gasteiger partial charge is 0.492 e. The number of halogens is 1. The van der Waals surface area contributed by atoms with Crippen molar-refractivity contribution in [3.8, 4) is 11.5 Å². The summed E-state index contributed by atoms with van der Waals surface area (Å²) < 4.78 is 11.8. The molecule has 5 nitrogen and oxygen atoms in total. The molecular weight excluding hydrogens is 430 g/mol. The fourth-order valence-corrected chi connectivity index (χ4v) is 4.63. The molecule has 1 fully saturated rings. The number of nitrogens with zero attached hydrogens (tertiary/aromatic N) is 1. The molecule has 0 spiro atoms. The summed E-state index contributed by atoms with van der Waals surface area (Å²) >= 11 is 4.57. The lowest BCUT2D eigenvalue weighted by molar-refractivity contribution is -0.127. The van der Waals surface area contributed by atoms with Crippen LogP contribution in [0.25, 0.3) is 0 Å². The first-order chi connectivity index (χ1) is 13.0. The van der Waals surface area contributed by atoms with Crippen molar-refractivity contribution in [1.82, 2.24) is 4.90 Å². The molecule has 1 aliphatic rings. The smallest absolute Gasteiger partial charge is 0.289 e. The van der Waals surface area contributed by atoms with E-state index < -0.39 is 5.25 Å². The predicted octanol–water partition coefficient (Wildman–Crippen LogP) is 4.66.